The fraction of sp³-hybridized carbons (Fsp3) is 0.324. The van der Waals surface area contributed by atoms with Gasteiger partial charge in [0.1, 0.15) is 24.5 Å². The average Bonchev–Trinajstić information content (AvgIpc) is 3.91. The van der Waals surface area contributed by atoms with Crippen molar-refractivity contribution in [2.75, 3.05) is 31.2 Å². The van der Waals surface area contributed by atoms with Gasteiger partial charge in [-0.1, -0.05) is 36.4 Å². The van der Waals surface area contributed by atoms with Crippen molar-refractivity contribution in [3.63, 3.8) is 0 Å². The Bertz CT molecular complexity index is 1910. The number of amides is 2. The first kappa shape index (κ1) is 35.0. The van der Waals surface area contributed by atoms with Crippen molar-refractivity contribution in [1.29, 1.82) is 0 Å². The lowest BCUT2D eigenvalue weighted by Crippen LogP contribution is -2.58. The van der Waals surface area contributed by atoms with Crippen LogP contribution in [0.15, 0.2) is 91.8 Å². The van der Waals surface area contributed by atoms with E-state index in [-0.39, 0.29) is 32.0 Å². The smallest absolute Gasteiger partial charge is 0.434 e. The molecule has 1 aliphatic rings. The van der Waals surface area contributed by atoms with Crippen LogP contribution < -0.4 is 9.58 Å². The molecule has 2 amide bonds. The molecule has 3 heterocycles. The van der Waals surface area contributed by atoms with Crippen LogP contribution in [-0.2, 0) is 39.7 Å². The minimum Gasteiger partial charge on any atom is -0.434 e. The zero-order chi connectivity index (χ0) is 35.8. The van der Waals surface area contributed by atoms with Crippen LogP contribution in [0.25, 0.3) is 5.69 Å². The quantitative estimate of drug-likeness (QED) is 0.0975. The maximum atomic E-state index is 15.3. The third kappa shape index (κ3) is 8.33. The molecular weight excluding hydrogens is 668 g/mol. The molecule has 0 bridgehead atoms. The van der Waals surface area contributed by atoms with Gasteiger partial charge in [-0.05, 0) is 58.3 Å². The van der Waals surface area contributed by atoms with Gasteiger partial charge in [0.05, 0.1) is 31.5 Å². The SMILES string of the molecule is C[C@@H](N1CCN(c2ccc(-n3cnnn3)cc2)C1=O)[C@](O)(C[n+]1cn(COC(=O)OCCCOCc2ccccc2)cn1)c1ccc(F)cc1F. The molecule has 0 saturated carbocycles. The Morgan fingerprint density at radius 3 is 2.53 bits per heavy atom. The molecule has 5 aromatic rings. The number of anilines is 1. The highest BCUT2D eigenvalue weighted by Gasteiger charge is 2.48. The Balaban J connectivity index is 1.07. The van der Waals surface area contributed by atoms with Gasteiger partial charge in [-0.15, -0.1) is 9.78 Å². The molecule has 0 aliphatic carbocycles. The molecular formula is C34H36F2N9O6+. The summed E-state index contributed by atoms with van der Waals surface area (Å²) in [7, 11) is 0. The minimum absolute atomic E-state index is 0.102. The van der Waals surface area contributed by atoms with Crippen molar-refractivity contribution in [2.24, 2.45) is 0 Å². The molecule has 2 atom stereocenters. The van der Waals surface area contributed by atoms with E-state index in [1.807, 2.05) is 30.3 Å². The molecule has 0 spiro atoms. The Kier molecular flexibility index (Phi) is 10.9. The second-order valence-electron chi connectivity index (χ2n) is 11.8. The van der Waals surface area contributed by atoms with E-state index in [9.17, 15) is 19.1 Å². The Labute approximate surface area is 291 Å². The number of carbonyl (C=O) groups excluding carboxylic acids is 2. The molecule has 1 N–H and O–H groups in total. The number of ether oxygens (including phenoxy) is 3. The fourth-order valence-corrected chi connectivity index (χ4v) is 5.77. The molecule has 15 nitrogen and oxygen atoms in total. The monoisotopic (exact) mass is 704 g/mol. The van der Waals surface area contributed by atoms with Gasteiger partial charge in [0.15, 0.2) is 5.60 Å². The van der Waals surface area contributed by atoms with Crippen LogP contribution in [0, 0.1) is 11.6 Å². The number of urea groups is 1. The predicted octanol–water partition coefficient (Wildman–Crippen LogP) is 3.36. The summed E-state index contributed by atoms with van der Waals surface area (Å²) in [4.78, 5) is 28.8. The molecule has 3 aromatic carbocycles. The van der Waals surface area contributed by atoms with Gasteiger partial charge in [0, 0.05) is 36.8 Å². The minimum atomic E-state index is -2.07. The third-order valence-corrected chi connectivity index (χ3v) is 8.50. The number of aromatic nitrogens is 7. The van der Waals surface area contributed by atoms with Gasteiger partial charge in [-0.3, -0.25) is 4.90 Å². The second kappa shape index (κ2) is 15.8. The molecule has 2 aromatic heterocycles. The number of hydrogen-bond acceptors (Lipinski definition) is 10. The second-order valence-corrected chi connectivity index (χ2v) is 11.8. The van der Waals surface area contributed by atoms with E-state index in [0.29, 0.717) is 43.6 Å². The number of nitrogens with zero attached hydrogens (tertiary/aromatic N) is 9. The summed E-state index contributed by atoms with van der Waals surface area (Å²) in [5.74, 6) is -1.80. The first-order valence-electron chi connectivity index (χ1n) is 16.1. The molecule has 0 radical (unpaired) electrons. The van der Waals surface area contributed by atoms with Crippen molar-refractivity contribution in [1.82, 2.24) is 34.8 Å². The van der Waals surface area contributed by atoms with E-state index in [1.54, 1.807) is 31.2 Å². The largest absolute Gasteiger partial charge is 0.511 e. The first-order chi connectivity index (χ1) is 24.7. The summed E-state index contributed by atoms with van der Waals surface area (Å²) in [5.41, 5.74) is 0.0535. The van der Waals surface area contributed by atoms with E-state index in [1.165, 1.54) is 42.7 Å². The Hall–Kier alpha value is -5.81. The van der Waals surface area contributed by atoms with Crippen LogP contribution >= 0.6 is 0 Å². The van der Waals surface area contributed by atoms with Gasteiger partial charge in [-0.25, -0.2) is 23.1 Å². The van der Waals surface area contributed by atoms with E-state index in [4.69, 9.17) is 14.2 Å². The summed E-state index contributed by atoms with van der Waals surface area (Å²) < 4.78 is 49.3. The highest BCUT2D eigenvalue weighted by Crippen LogP contribution is 2.34. The summed E-state index contributed by atoms with van der Waals surface area (Å²) in [6.45, 7) is 2.48. The van der Waals surface area contributed by atoms with Crippen molar-refractivity contribution < 1.29 is 42.4 Å². The van der Waals surface area contributed by atoms with Crippen molar-refractivity contribution in [3.05, 3.63) is 115 Å². The molecule has 51 heavy (non-hydrogen) atoms. The van der Waals surface area contributed by atoms with Crippen molar-refractivity contribution >= 4 is 17.9 Å². The highest BCUT2D eigenvalue weighted by atomic mass is 19.1. The van der Waals surface area contributed by atoms with Gasteiger partial charge in [0.2, 0.25) is 13.1 Å². The van der Waals surface area contributed by atoms with Crippen molar-refractivity contribution in [2.45, 2.75) is 44.9 Å². The number of halogens is 2. The van der Waals surface area contributed by atoms with E-state index in [2.05, 4.69) is 20.6 Å². The van der Waals surface area contributed by atoms with Crippen molar-refractivity contribution in [3.8, 4) is 5.69 Å². The normalized spacial score (nSPS) is 14.8. The molecule has 6 rings (SSSR count). The van der Waals surface area contributed by atoms with E-state index in [0.717, 1.165) is 17.7 Å². The van der Waals surface area contributed by atoms with Gasteiger partial charge in [-0.2, -0.15) is 4.57 Å². The Morgan fingerprint density at radius 1 is 1.00 bits per heavy atom. The highest BCUT2D eigenvalue weighted by molar-refractivity contribution is 5.94. The summed E-state index contributed by atoms with van der Waals surface area (Å²) in [6.07, 6.45) is 3.82. The molecule has 1 saturated heterocycles. The maximum absolute atomic E-state index is 15.3. The lowest BCUT2D eigenvalue weighted by Gasteiger charge is -2.38. The fourth-order valence-electron chi connectivity index (χ4n) is 5.77. The topological polar surface area (TPSA) is 154 Å². The third-order valence-electron chi connectivity index (χ3n) is 8.50. The van der Waals surface area contributed by atoms with Crippen LogP contribution in [0.2, 0.25) is 0 Å². The van der Waals surface area contributed by atoms with Gasteiger partial charge in [0.25, 0.3) is 6.33 Å². The molecule has 0 unspecified atom stereocenters. The number of tetrazole rings is 1. The van der Waals surface area contributed by atoms with Crippen LogP contribution in [0.3, 0.4) is 0 Å². The molecule has 266 valence electrons. The van der Waals surface area contributed by atoms with Gasteiger partial charge < -0.3 is 24.2 Å². The van der Waals surface area contributed by atoms with E-state index >= 15 is 4.39 Å². The number of aliphatic hydroxyl groups is 1. The van der Waals surface area contributed by atoms with Crippen LogP contribution in [0.5, 0.6) is 0 Å². The standard InChI is InChI=1S/C34H36F2N9O6/c1-25(43-14-15-44(32(43)46)28-9-11-29(12-10-28)45-21-37-39-40-45)34(48,30-13-8-27(35)18-31(30)36)20-42-23-41(22-38-42)24-51-33(47)50-17-5-16-49-19-26-6-3-2-4-7-26/h2-4,6-13,18,21-23,25,48H,5,14-17,19-20,24H2,1H3/q+1/t25-,34-/m1/s1. The lowest BCUT2D eigenvalue weighted by atomic mass is 9.85. The summed E-state index contributed by atoms with van der Waals surface area (Å²) >= 11 is 0. The van der Waals surface area contributed by atoms with Crippen LogP contribution in [-0.4, -0.2) is 84.4 Å². The number of benzene rings is 3. The molecule has 1 aliphatic heterocycles. The zero-order valence-electron chi connectivity index (χ0n) is 27.7. The molecule has 1 fully saturated rings. The van der Waals surface area contributed by atoms with Crippen LogP contribution in [0.1, 0.15) is 24.5 Å². The number of rotatable bonds is 15. The number of hydrogen-bond donors (Lipinski definition) is 1. The lowest BCUT2D eigenvalue weighted by molar-refractivity contribution is -0.765. The summed E-state index contributed by atoms with van der Waals surface area (Å²) in [6, 6.07) is 18.2. The first-order valence-corrected chi connectivity index (χ1v) is 16.1. The number of carbonyl (C=O) groups is 2. The predicted molar refractivity (Wildman–Crippen MR) is 174 cm³/mol. The Morgan fingerprint density at radius 2 is 1.78 bits per heavy atom. The molecule has 17 heteroatoms. The average molecular weight is 705 g/mol. The van der Waals surface area contributed by atoms with E-state index < -0.39 is 35.5 Å². The zero-order valence-corrected chi connectivity index (χ0v) is 27.7. The maximum Gasteiger partial charge on any atom is 0.511 e. The van der Waals surface area contributed by atoms with Crippen LogP contribution in [0.4, 0.5) is 24.1 Å². The summed E-state index contributed by atoms with van der Waals surface area (Å²) in [5, 5.41) is 27.6. The van der Waals surface area contributed by atoms with Gasteiger partial charge >= 0.3 is 12.2 Å².